The summed E-state index contributed by atoms with van der Waals surface area (Å²) in [5.74, 6) is 0.285. The zero-order chi connectivity index (χ0) is 11.5. The third-order valence-electron chi connectivity index (χ3n) is 3.73. The van der Waals surface area contributed by atoms with E-state index in [0.29, 0.717) is 24.6 Å². The number of ketones is 1. The number of hydrogen-bond acceptors (Lipinski definition) is 3. The number of rotatable bonds is 4. The van der Waals surface area contributed by atoms with Crippen LogP contribution in [-0.4, -0.2) is 29.0 Å². The van der Waals surface area contributed by atoms with Gasteiger partial charge in [0.25, 0.3) is 0 Å². The van der Waals surface area contributed by atoms with E-state index in [2.05, 4.69) is 12.0 Å². The Morgan fingerprint density at radius 1 is 1.44 bits per heavy atom. The molecule has 3 heteroatoms. The van der Waals surface area contributed by atoms with Gasteiger partial charge in [-0.15, -0.1) is 0 Å². The summed E-state index contributed by atoms with van der Waals surface area (Å²) in [5, 5.41) is 2.16. The summed E-state index contributed by atoms with van der Waals surface area (Å²) in [6.07, 6.45) is 8.19. The second-order valence-corrected chi connectivity index (χ2v) is 5.26. The summed E-state index contributed by atoms with van der Waals surface area (Å²) >= 11 is 0. The fraction of sp³-hybridized carbons (Fsp3) is 0.923. The highest BCUT2D eigenvalue weighted by Crippen LogP contribution is 2.35. The predicted octanol–water partition coefficient (Wildman–Crippen LogP) is 2.69. The van der Waals surface area contributed by atoms with Crippen LogP contribution in [0.1, 0.15) is 58.8 Å². The molecule has 2 aliphatic heterocycles. The van der Waals surface area contributed by atoms with E-state index < -0.39 is 0 Å². The van der Waals surface area contributed by atoms with E-state index in [0.717, 1.165) is 12.8 Å². The van der Waals surface area contributed by atoms with Crippen molar-refractivity contribution in [3.8, 4) is 0 Å². The Balaban J connectivity index is 1.94. The number of carbonyl (C=O) groups excluding carboxylic acids is 1. The molecule has 3 atom stereocenters. The molecule has 0 aromatic carbocycles. The van der Waals surface area contributed by atoms with Gasteiger partial charge in [-0.3, -0.25) is 9.63 Å². The van der Waals surface area contributed by atoms with Crippen molar-refractivity contribution in [2.45, 2.75) is 77.0 Å². The maximum absolute atomic E-state index is 11.2. The molecule has 0 aliphatic carbocycles. The minimum atomic E-state index is 0.285. The van der Waals surface area contributed by atoms with Crippen LogP contribution in [0.15, 0.2) is 0 Å². The molecule has 0 aromatic rings. The van der Waals surface area contributed by atoms with Crippen LogP contribution in [0.3, 0.4) is 0 Å². The SMILES string of the molecule is CCC[C@H]1C[C@H]2CCC[C@@H](CC(C)=O)N2O1. The third-order valence-corrected chi connectivity index (χ3v) is 3.73. The molecule has 2 heterocycles. The van der Waals surface area contributed by atoms with Crippen molar-refractivity contribution in [2.24, 2.45) is 0 Å². The van der Waals surface area contributed by atoms with Crippen LogP contribution >= 0.6 is 0 Å². The largest absolute Gasteiger partial charge is 0.300 e. The van der Waals surface area contributed by atoms with Crippen molar-refractivity contribution >= 4 is 5.78 Å². The molecular formula is C13H23NO2. The molecule has 0 aromatic heterocycles. The normalized spacial score (nSPS) is 35.0. The first-order valence-corrected chi connectivity index (χ1v) is 6.65. The molecule has 0 radical (unpaired) electrons. The molecule has 2 fully saturated rings. The first-order chi connectivity index (χ1) is 7.70. The Morgan fingerprint density at radius 3 is 2.94 bits per heavy atom. The summed E-state index contributed by atoms with van der Waals surface area (Å²) in [4.78, 5) is 17.2. The minimum absolute atomic E-state index is 0.285. The smallest absolute Gasteiger partial charge is 0.131 e. The molecule has 0 N–H and O–H groups in total. The second-order valence-electron chi connectivity index (χ2n) is 5.26. The summed E-state index contributed by atoms with van der Waals surface area (Å²) in [7, 11) is 0. The van der Waals surface area contributed by atoms with E-state index in [9.17, 15) is 4.79 Å². The van der Waals surface area contributed by atoms with E-state index in [-0.39, 0.29) is 5.78 Å². The Bertz CT molecular complexity index is 254. The van der Waals surface area contributed by atoms with Gasteiger partial charge in [0, 0.05) is 18.5 Å². The molecule has 0 spiro atoms. The van der Waals surface area contributed by atoms with Gasteiger partial charge in [-0.1, -0.05) is 19.8 Å². The van der Waals surface area contributed by atoms with E-state index >= 15 is 0 Å². The minimum Gasteiger partial charge on any atom is -0.300 e. The highest BCUT2D eigenvalue weighted by Gasteiger charge is 2.39. The predicted molar refractivity (Wildman–Crippen MR) is 63.0 cm³/mol. The molecule has 2 saturated heterocycles. The monoisotopic (exact) mass is 225 g/mol. The maximum atomic E-state index is 11.2. The molecular weight excluding hydrogens is 202 g/mol. The zero-order valence-corrected chi connectivity index (χ0v) is 10.4. The average molecular weight is 225 g/mol. The molecule has 0 bridgehead atoms. The van der Waals surface area contributed by atoms with Gasteiger partial charge in [0.2, 0.25) is 0 Å². The summed E-state index contributed by atoms with van der Waals surface area (Å²) in [5.41, 5.74) is 0. The Kier molecular flexibility index (Phi) is 3.98. The van der Waals surface area contributed by atoms with Crippen molar-refractivity contribution in [2.75, 3.05) is 0 Å². The third kappa shape index (κ3) is 2.64. The first kappa shape index (κ1) is 12.1. The first-order valence-electron chi connectivity index (χ1n) is 6.65. The molecule has 3 nitrogen and oxygen atoms in total. The average Bonchev–Trinajstić information content (AvgIpc) is 2.61. The fourth-order valence-corrected chi connectivity index (χ4v) is 3.07. The van der Waals surface area contributed by atoms with Crippen molar-refractivity contribution in [3.63, 3.8) is 0 Å². The summed E-state index contributed by atoms with van der Waals surface area (Å²) in [6, 6.07) is 0.924. The van der Waals surface area contributed by atoms with E-state index in [1.807, 2.05) is 0 Å². The highest BCUT2D eigenvalue weighted by atomic mass is 16.7. The fourth-order valence-electron chi connectivity index (χ4n) is 3.07. The molecule has 16 heavy (non-hydrogen) atoms. The lowest BCUT2D eigenvalue weighted by atomic mass is 9.92. The Labute approximate surface area is 98.1 Å². The second kappa shape index (κ2) is 5.28. The number of piperidine rings is 1. The number of Topliss-reactive ketones (excluding diaryl/α,β-unsaturated/α-hetero) is 1. The van der Waals surface area contributed by atoms with Crippen LogP contribution in [0.4, 0.5) is 0 Å². The van der Waals surface area contributed by atoms with Crippen molar-refractivity contribution in [1.29, 1.82) is 0 Å². The molecule has 0 amide bonds. The Hall–Kier alpha value is -0.410. The Morgan fingerprint density at radius 2 is 2.25 bits per heavy atom. The van der Waals surface area contributed by atoms with Gasteiger partial charge in [0.1, 0.15) is 5.78 Å². The van der Waals surface area contributed by atoms with Crippen LogP contribution < -0.4 is 0 Å². The van der Waals surface area contributed by atoms with Gasteiger partial charge in [0.05, 0.1) is 6.10 Å². The van der Waals surface area contributed by atoms with Gasteiger partial charge in [-0.25, -0.2) is 0 Å². The van der Waals surface area contributed by atoms with Gasteiger partial charge < -0.3 is 0 Å². The zero-order valence-electron chi connectivity index (χ0n) is 10.4. The van der Waals surface area contributed by atoms with Gasteiger partial charge in [0.15, 0.2) is 0 Å². The highest BCUT2D eigenvalue weighted by molar-refractivity contribution is 5.76. The van der Waals surface area contributed by atoms with Crippen LogP contribution in [0.25, 0.3) is 0 Å². The molecule has 0 unspecified atom stereocenters. The lowest BCUT2D eigenvalue weighted by Gasteiger charge is -2.35. The number of hydrogen-bond donors (Lipinski definition) is 0. The van der Waals surface area contributed by atoms with E-state index in [1.54, 1.807) is 6.92 Å². The van der Waals surface area contributed by atoms with Crippen molar-refractivity contribution in [3.05, 3.63) is 0 Å². The maximum Gasteiger partial charge on any atom is 0.131 e. The lowest BCUT2D eigenvalue weighted by Crippen LogP contribution is -2.42. The summed E-state index contributed by atoms with van der Waals surface area (Å²) < 4.78 is 0. The van der Waals surface area contributed by atoms with Crippen LogP contribution in [0.2, 0.25) is 0 Å². The van der Waals surface area contributed by atoms with Crippen molar-refractivity contribution < 1.29 is 9.63 Å². The topological polar surface area (TPSA) is 29.5 Å². The number of carbonyl (C=O) groups is 1. The van der Waals surface area contributed by atoms with Crippen LogP contribution in [0, 0.1) is 0 Å². The van der Waals surface area contributed by atoms with E-state index in [1.165, 1.54) is 25.7 Å². The van der Waals surface area contributed by atoms with Gasteiger partial charge in [-0.2, -0.15) is 5.06 Å². The standard InChI is InChI=1S/C13H23NO2/c1-3-5-13-9-12-7-4-6-11(8-10(2)15)14(12)16-13/h11-13H,3-9H2,1-2H3/t11-,12+,13-/m0/s1. The molecule has 92 valence electrons. The lowest BCUT2D eigenvalue weighted by molar-refractivity contribution is -0.202. The summed E-state index contributed by atoms with van der Waals surface area (Å²) in [6.45, 7) is 3.89. The van der Waals surface area contributed by atoms with Crippen molar-refractivity contribution in [1.82, 2.24) is 5.06 Å². The van der Waals surface area contributed by atoms with Gasteiger partial charge in [-0.05, 0) is 32.6 Å². The molecule has 0 saturated carbocycles. The van der Waals surface area contributed by atoms with Crippen LogP contribution in [-0.2, 0) is 9.63 Å². The van der Waals surface area contributed by atoms with Gasteiger partial charge >= 0.3 is 0 Å². The molecule has 2 rings (SSSR count). The van der Waals surface area contributed by atoms with E-state index in [4.69, 9.17) is 4.84 Å². The number of fused-ring (bicyclic) bond motifs is 1. The number of nitrogens with zero attached hydrogens (tertiary/aromatic N) is 1. The molecule has 2 aliphatic rings. The quantitative estimate of drug-likeness (QED) is 0.736. The number of hydroxylamine groups is 2. The van der Waals surface area contributed by atoms with Crippen LogP contribution in [0.5, 0.6) is 0 Å².